The molecular weight excluding hydrogens is 386 g/mol. The smallest absolute Gasteiger partial charge is 0.224 e. The van der Waals surface area contributed by atoms with Gasteiger partial charge in [0.25, 0.3) is 0 Å². The number of nitrogens with zero attached hydrogens (tertiary/aromatic N) is 2. The van der Waals surface area contributed by atoms with Crippen LogP contribution in [0.4, 0.5) is 0 Å². The molecule has 1 fully saturated rings. The van der Waals surface area contributed by atoms with Crippen LogP contribution in [0.15, 0.2) is 58.5 Å². The van der Waals surface area contributed by atoms with Crippen molar-refractivity contribution < 1.29 is 13.9 Å². The highest BCUT2D eigenvalue weighted by Gasteiger charge is 2.25. The van der Waals surface area contributed by atoms with Gasteiger partial charge in [-0.25, -0.2) is 4.98 Å². The molecule has 1 atom stereocenters. The summed E-state index contributed by atoms with van der Waals surface area (Å²) in [6, 6.07) is 13.8. The highest BCUT2D eigenvalue weighted by Crippen LogP contribution is 2.22. The van der Waals surface area contributed by atoms with Crippen LogP contribution < -0.4 is 5.32 Å². The molecule has 1 aliphatic rings. The van der Waals surface area contributed by atoms with E-state index in [9.17, 15) is 4.79 Å². The van der Waals surface area contributed by atoms with E-state index in [0.717, 1.165) is 48.0 Å². The minimum Gasteiger partial charge on any atom is -0.467 e. The first-order valence-electron chi connectivity index (χ1n) is 9.88. The predicted octanol–water partition coefficient (Wildman–Crippen LogP) is 3.91. The third-order valence-corrected chi connectivity index (χ3v) is 5.86. The Labute approximate surface area is 174 Å². The van der Waals surface area contributed by atoms with Gasteiger partial charge in [0, 0.05) is 24.0 Å². The number of thiazole rings is 1. The lowest BCUT2D eigenvalue weighted by molar-refractivity contribution is -0.127. The lowest BCUT2D eigenvalue weighted by atomic mass is 9.97. The molecule has 4 rings (SSSR count). The van der Waals surface area contributed by atoms with Crippen LogP contribution in [0, 0.1) is 5.92 Å². The molecule has 0 radical (unpaired) electrons. The first-order chi connectivity index (χ1) is 14.3. The summed E-state index contributed by atoms with van der Waals surface area (Å²) in [6.45, 7) is 3.11. The quantitative estimate of drug-likeness (QED) is 0.609. The van der Waals surface area contributed by atoms with E-state index in [-0.39, 0.29) is 11.8 Å². The fourth-order valence-corrected chi connectivity index (χ4v) is 4.24. The number of hydrogen-bond acceptors (Lipinski definition) is 6. The Morgan fingerprint density at radius 2 is 2.17 bits per heavy atom. The fourth-order valence-electron chi connectivity index (χ4n) is 3.50. The third kappa shape index (κ3) is 5.53. The number of amides is 1. The first kappa shape index (κ1) is 19.8. The fraction of sp³-hybridized carbons (Fsp3) is 0.364. The molecule has 0 aliphatic carbocycles. The van der Waals surface area contributed by atoms with Crippen LogP contribution in [0.5, 0.6) is 0 Å². The van der Waals surface area contributed by atoms with Crippen LogP contribution in [0.2, 0.25) is 0 Å². The minimum absolute atomic E-state index is 0.00970. The zero-order valence-electron chi connectivity index (χ0n) is 16.3. The van der Waals surface area contributed by atoms with Gasteiger partial charge in [-0.05, 0) is 25.0 Å². The SMILES string of the molecule is O=C(NCc1nc(-c2ccccc2)cs1)[C@H]1CCCN(COCc2ccco2)C1. The van der Waals surface area contributed by atoms with Crippen molar-refractivity contribution in [1.82, 2.24) is 15.2 Å². The number of hydrogen-bond donors (Lipinski definition) is 1. The van der Waals surface area contributed by atoms with Gasteiger partial charge in [-0.15, -0.1) is 11.3 Å². The van der Waals surface area contributed by atoms with E-state index < -0.39 is 0 Å². The molecule has 6 nitrogen and oxygen atoms in total. The Hall–Kier alpha value is -2.48. The van der Waals surface area contributed by atoms with Crippen LogP contribution in [-0.4, -0.2) is 35.6 Å². The van der Waals surface area contributed by atoms with Gasteiger partial charge >= 0.3 is 0 Å². The number of likely N-dealkylation sites (tertiary alicyclic amines) is 1. The zero-order chi connectivity index (χ0) is 19.9. The number of carbonyl (C=O) groups excluding carboxylic acids is 1. The number of benzene rings is 1. The van der Waals surface area contributed by atoms with E-state index in [0.29, 0.717) is 19.9 Å². The number of furan rings is 1. The Kier molecular flexibility index (Phi) is 6.71. The molecule has 1 N–H and O–H groups in total. The summed E-state index contributed by atoms with van der Waals surface area (Å²) >= 11 is 1.58. The lowest BCUT2D eigenvalue weighted by Crippen LogP contribution is -2.43. The largest absolute Gasteiger partial charge is 0.467 e. The van der Waals surface area contributed by atoms with Gasteiger partial charge in [0.15, 0.2) is 0 Å². The molecule has 0 saturated carbocycles. The van der Waals surface area contributed by atoms with E-state index in [1.165, 1.54) is 0 Å². The summed E-state index contributed by atoms with van der Waals surface area (Å²) in [5.41, 5.74) is 2.05. The molecule has 0 spiro atoms. The maximum Gasteiger partial charge on any atom is 0.224 e. The van der Waals surface area contributed by atoms with Crippen molar-refractivity contribution in [2.75, 3.05) is 19.8 Å². The Morgan fingerprint density at radius 3 is 3.00 bits per heavy atom. The van der Waals surface area contributed by atoms with E-state index in [1.54, 1.807) is 17.6 Å². The Bertz CT molecular complexity index is 895. The standard InChI is InChI=1S/C22H25N3O3S/c26-22(23-12-21-24-20(15-29-21)17-6-2-1-3-7-17)18-8-4-10-25(13-18)16-27-14-19-9-5-11-28-19/h1-3,5-7,9,11,15,18H,4,8,10,12-14,16H2,(H,23,26)/t18-/m0/s1. The minimum atomic E-state index is -0.00970. The average molecular weight is 412 g/mol. The summed E-state index contributed by atoms with van der Waals surface area (Å²) in [5, 5.41) is 6.02. The predicted molar refractivity (Wildman–Crippen MR) is 112 cm³/mol. The van der Waals surface area contributed by atoms with E-state index >= 15 is 0 Å². The zero-order valence-corrected chi connectivity index (χ0v) is 17.1. The third-order valence-electron chi connectivity index (χ3n) is 5.01. The highest BCUT2D eigenvalue weighted by molar-refractivity contribution is 7.09. The van der Waals surface area contributed by atoms with Gasteiger partial charge in [-0.3, -0.25) is 9.69 Å². The summed E-state index contributed by atoms with van der Waals surface area (Å²) in [6.07, 6.45) is 3.55. The topological polar surface area (TPSA) is 67.6 Å². The molecule has 0 bridgehead atoms. The molecule has 1 aromatic carbocycles. The monoisotopic (exact) mass is 411 g/mol. The van der Waals surface area contributed by atoms with Crippen LogP contribution >= 0.6 is 11.3 Å². The number of piperidine rings is 1. The van der Waals surface area contributed by atoms with Gasteiger partial charge in [-0.1, -0.05) is 30.3 Å². The van der Waals surface area contributed by atoms with Crippen molar-refractivity contribution in [2.24, 2.45) is 5.92 Å². The molecule has 0 unspecified atom stereocenters. The number of rotatable bonds is 8. The molecule has 29 heavy (non-hydrogen) atoms. The summed E-state index contributed by atoms with van der Waals surface area (Å²) in [7, 11) is 0. The summed E-state index contributed by atoms with van der Waals surface area (Å²) in [5.74, 6) is 0.899. The molecule has 1 aliphatic heterocycles. The van der Waals surface area contributed by atoms with Gasteiger partial charge in [-0.2, -0.15) is 0 Å². The molecule has 3 heterocycles. The maximum absolute atomic E-state index is 12.6. The summed E-state index contributed by atoms with van der Waals surface area (Å²) < 4.78 is 11.0. The van der Waals surface area contributed by atoms with Crippen LogP contribution in [0.3, 0.4) is 0 Å². The Balaban J connectivity index is 1.22. The van der Waals surface area contributed by atoms with Crippen molar-refractivity contribution in [3.8, 4) is 11.3 Å². The van der Waals surface area contributed by atoms with Crippen LogP contribution in [0.1, 0.15) is 23.6 Å². The summed E-state index contributed by atoms with van der Waals surface area (Å²) in [4.78, 5) is 19.5. The number of aromatic nitrogens is 1. The molecule has 1 amide bonds. The Morgan fingerprint density at radius 1 is 1.28 bits per heavy atom. The molecular formula is C22H25N3O3S. The average Bonchev–Trinajstić information content (AvgIpc) is 3.45. The van der Waals surface area contributed by atoms with Gasteiger partial charge in [0.2, 0.25) is 5.91 Å². The second-order valence-electron chi connectivity index (χ2n) is 7.18. The van der Waals surface area contributed by atoms with Crippen molar-refractivity contribution in [2.45, 2.75) is 26.0 Å². The normalized spacial score (nSPS) is 17.3. The van der Waals surface area contributed by atoms with Crippen LogP contribution in [0.25, 0.3) is 11.3 Å². The first-order valence-corrected chi connectivity index (χ1v) is 10.8. The molecule has 2 aromatic heterocycles. The van der Waals surface area contributed by atoms with Crippen molar-refractivity contribution in [3.05, 3.63) is 64.9 Å². The highest BCUT2D eigenvalue weighted by atomic mass is 32.1. The number of carbonyl (C=O) groups is 1. The molecule has 1 saturated heterocycles. The number of nitrogens with one attached hydrogen (secondary N) is 1. The van der Waals surface area contributed by atoms with Gasteiger partial charge < -0.3 is 14.5 Å². The second-order valence-corrected chi connectivity index (χ2v) is 8.13. The van der Waals surface area contributed by atoms with Crippen molar-refractivity contribution >= 4 is 17.2 Å². The van der Waals surface area contributed by atoms with Gasteiger partial charge in [0.1, 0.15) is 17.4 Å². The van der Waals surface area contributed by atoms with E-state index in [2.05, 4.69) is 15.2 Å². The van der Waals surface area contributed by atoms with Crippen molar-refractivity contribution in [3.63, 3.8) is 0 Å². The molecule has 3 aromatic rings. The van der Waals surface area contributed by atoms with E-state index in [4.69, 9.17) is 9.15 Å². The van der Waals surface area contributed by atoms with Crippen LogP contribution in [-0.2, 0) is 22.7 Å². The lowest BCUT2D eigenvalue weighted by Gasteiger charge is -2.31. The van der Waals surface area contributed by atoms with Crippen molar-refractivity contribution in [1.29, 1.82) is 0 Å². The second kappa shape index (κ2) is 9.82. The van der Waals surface area contributed by atoms with E-state index in [1.807, 2.05) is 47.8 Å². The molecule has 7 heteroatoms. The molecule has 152 valence electrons. The van der Waals surface area contributed by atoms with Gasteiger partial charge in [0.05, 0.1) is 31.2 Å². The number of ether oxygens (including phenoxy) is 1. The maximum atomic E-state index is 12.6.